The van der Waals surface area contributed by atoms with Crippen LogP contribution >= 0.6 is 0 Å². The second kappa shape index (κ2) is 10.9. The Morgan fingerprint density at radius 3 is 1.57 bits per heavy atom. The van der Waals surface area contributed by atoms with Crippen LogP contribution in [-0.4, -0.2) is 29.9 Å². The Hall–Kier alpha value is -6.14. The zero-order chi connectivity index (χ0) is 29.3. The van der Waals surface area contributed by atoms with Gasteiger partial charge in [-0.05, 0) is 35.4 Å². The minimum atomic E-state index is 0.495. The number of rotatable bonds is 5. The van der Waals surface area contributed by atoms with Gasteiger partial charge < -0.3 is 0 Å². The van der Waals surface area contributed by atoms with Crippen molar-refractivity contribution in [2.45, 2.75) is 0 Å². The predicted octanol–water partition coefficient (Wildman–Crippen LogP) is 8.70. The highest BCUT2D eigenvalue weighted by atomic mass is 15.0. The van der Waals surface area contributed by atoms with Crippen LogP contribution in [0.5, 0.6) is 0 Å². The smallest absolute Gasteiger partial charge is 0.182 e. The fourth-order valence-corrected chi connectivity index (χ4v) is 5.42. The maximum absolute atomic E-state index is 5.23. The van der Waals surface area contributed by atoms with E-state index in [0.717, 1.165) is 55.4 Å². The second-order valence-electron chi connectivity index (χ2n) is 10.4. The van der Waals surface area contributed by atoms with Crippen molar-refractivity contribution in [2.75, 3.05) is 0 Å². The van der Waals surface area contributed by atoms with E-state index in [-0.39, 0.29) is 0 Å². The van der Waals surface area contributed by atoms with Gasteiger partial charge in [0.25, 0.3) is 0 Å². The fourth-order valence-electron chi connectivity index (χ4n) is 5.42. The molecule has 0 bridgehead atoms. The van der Waals surface area contributed by atoms with E-state index in [2.05, 4.69) is 41.4 Å². The Balaban J connectivity index is 1.42. The number of pyridine rings is 3. The van der Waals surface area contributed by atoms with Crippen LogP contribution in [0.4, 0.5) is 0 Å². The van der Waals surface area contributed by atoms with E-state index in [4.69, 9.17) is 24.9 Å². The van der Waals surface area contributed by atoms with Gasteiger partial charge in [-0.25, -0.2) is 24.9 Å². The van der Waals surface area contributed by atoms with Gasteiger partial charge in [-0.1, -0.05) is 115 Å². The minimum Gasteiger partial charge on any atom is -0.255 e. The number of aromatic nitrogens is 6. The number of fused-ring (bicyclic) bond motifs is 3. The molecule has 0 aliphatic heterocycles. The molecule has 0 aliphatic rings. The molecule has 0 atom stereocenters. The van der Waals surface area contributed by atoms with Crippen molar-refractivity contribution in [1.29, 1.82) is 0 Å². The van der Waals surface area contributed by atoms with Gasteiger partial charge in [0, 0.05) is 28.1 Å². The lowest BCUT2D eigenvalue weighted by Gasteiger charge is -2.13. The largest absolute Gasteiger partial charge is 0.255 e. The van der Waals surface area contributed by atoms with Crippen molar-refractivity contribution in [2.24, 2.45) is 0 Å². The molecule has 0 amide bonds. The van der Waals surface area contributed by atoms with Gasteiger partial charge in [0.15, 0.2) is 17.5 Å². The third-order valence-corrected chi connectivity index (χ3v) is 7.58. The average Bonchev–Trinajstić information content (AvgIpc) is 3.12. The predicted molar refractivity (Wildman–Crippen MR) is 175 cm³/mol. The molecule has 0 fully saturated rings. The summed E-state index contributed by atoms with van der Waals surface area (Å²) in [7, 11) is 0. The van der Waals surface area contributed by atoms with Crippen molar-refractivity contribution < 1.29 is 0 Å². The molecular weight excluding hydrogens is 540 g/mol. The third-order valence-electron chi connectivity index (χ3n) is 7.58. The number of hydrogen-bond acceptors (Lipinski definition) is 6. The van der Waals surface area contributed by atoms with Crippen molar-refractivity contribution in [3.63, 3.8) is 0 Å². The summed E-state index contributed by atoms with van der Waals surface area (Å²) in [5, 5.41) is 1.99. The van der Waals surface area contributed by atoms with E-state index in [1.807, 2.05) is 103 Å². The molecule has 0 saturated heterocycles. The van der Waals surface area contributed by atoms with Crippen molar-refractivity contribution in [3.8, 4) is 56.8 Å². The average molecular weight is 565 g/mol. The van der Waals surface area contributed by atoms with Crippen LogP contribution in [0.25, 0.3) is 78.6 Å². The molecule has 0 spiro atoms. The van der Waals surface area contributed by atoms with Crippen LogP contribution in [0.1, 0.15) is 0 Å². The minimum absolute atomic E-state index is 0.495. The molecule has 0 N–H and O–H groups in total. The van der Waals surface area contributed by atoms with E-state index < -0.39 is 0 Å². The molecule has 4 aromatic carbocycles. The zero-order valence-electron chi connectivity index (χ0n) is 23.5. The Bertz CT molecular complexity index is 2200. The monoisotopic (exact) mass is 564 g/mol. The molecule has 6 nitrogen and oxygen atoms in total. The molecule has 6 heteroatoms. The van der Waals surface area contributed by atoms with Crippen molar-refractivity contribution >= 4 is 21.8 Å². The molecule has 8 aromatic rings. The molecule has 0 saturated carbocycles. The van der Waals surface area contributed by atoms with E-state index in [9.17, 15) is 0 Å². The van der Waals surface area contributed by atoms with Crippen molar-refractivity contribution in [3.05, 3.63) is 146 Å². The van der Waals surface area contributed by atoms with Gasteiger partial charge in [-0.15, -0.1) is 0 Å². The van der Waals surface area contributed by atoms with E-state index in [1.165, 1.54) is 0 Å². The highest BCUT2D eigenvalue weighted by Crippen LogP contribution is 2.35. The molecule has 0 radical (unpaired) electrons. The van der Waals surface area contributed by atoms with Gasteiger partial charge in [-0.3, -0.25) is 4.98 Å². The molecule has 0 unspecified atom stereocenters. The quantitative estimate of drug-likeness (QED) is 0.195. The first-order chi connectivity index (χ1) is 21.8. The Labute approximate surface area is 253 Å². The number of hydrogen-bond donors (Lipinski definition) is 0. The Morgan fingerprint density at radius 2 is 0.932 bits per heavy atom. The summed E-state index contributed by atoms with van der Waals surface area (Å²) in [6.45, 7) is 0. The first kappa shape index (κ1) is 25.6. The summed E-state index contributed by atoms with van der Waals surface area (Å²) in [6, 6.07) is 46.5. The standard InChI is InChI=1S/C38H24N6/c1-4-12-25(13-5-1)30-24-33(38-43-36(27-14-6-2-7-15-27)42-37(44-38)28-16-8-3-9-17-28)41-35-29(30)21-19-26-20-22-32(40-34(26)35)31-18-10-11-23-39-31/h1-24H. The van der Waals surface area contributed by atoms with E-state index in [1.54, 1.807) is 6.20 Å². The summed E-state index contributed by atoms with van der Waals surface area (Å²) in [5.74, 6) is 1.67. The molecule has 4 aromatic heterocycles. The van der Waals surface area contributed by atoms with Crippen LogP contribution in [-0.2, 0) is 0 Å². The van der Waals surface area contributed by atoms with Crippen LogP contribution in [0.15, 0.2) is 146 Å². The highest BCUT2D eigenvalue weighted by molar-refractivity contribution is 6.09. The van der Waals surface area contributed by atoms with Crippen LogP contribution < -0.4 is 0 Å². The van der Waals surface area contributed by atoms with Crippen molar-refractivity contribution in [1.82, 2.24) is 29.9 Å². The normalized spacial score (nSPS) is 11.2. The lowest BCUT2D eigenvalue weighted by Crippen LogP contribution is -2.02. The Kier molecular flexibility index (Phi) is 6.35. The Morgan fingerprint density at radius 1 is 0.364 bits per heavy atom. The molecule has 0 aliphatic carbocycles. The third kappa shape index (κ3) is 4.74. The van der Waals surface area contributed by atoms with Crippen LogP contribution in [0, 0.1) is 0 Å². The lowest BCUT2D eigenvalue weighted by atomic mass is 9.98. The molecular formula is C38H24N6. The van der Waals surface area contributed by atoms with E-state index >= 15 is 0 Å². The number of benzene rings is 4. The van der Waals surface area contributed by atoms with Gasteiger partial charge in [0.05, 0.1) is 22.4 Å². The van der Waals surface area contributed by atoms with Crippen LogP contribution in [0.2, 0.25) is 0 Å². The molecule has 44 heavy (non-hydrogen) atoms. The first-order valence-electron chi connectivity index (χ1n) is 14.4. The maximum Gasteiger partial charge on any atom is 0.182 e. The van der Waals surface area contributed by atoms with Gasteiger partial charge in [0.2, 0.25) is 0 Å². The topological polar surface area (TPSA) is 77.3 Å². The van der Waals surface area contributed by atoms with E-state index in [0.29, 0.717) is 23.2 Å². The zero-order valence-corrected chi connectivity index (χ0v) is 23.5. The summed E-state index contributed by atoms with van der Waals surface area (Å²) in [6.07, 6.45) is 1.78. The van der Waals surface area contributed by atoms with Crippen LogP contribution in [0.3, 0.4) is 0 Å². The summed E-state index contributed by atoms with van der Waals surface area (Å²) in [4.78, 5) is 29.7. The highest BCUT2D eigenvalue weighted by Gasteiger charge is 2.18. The summed E-state index contributed by atoms with van der Waals surface area (Å²) in [5.41, 5.74) is 7.73. The lowest BCUT2D eigenvalue weighted by molar-refractivity contribution is 1.06. The summed E-state index contributed by atoms with van der Waals surface area (Å²) >= 11 is 0. The molecule has 4 heterocycles. The molecule has 8 rings (SSSR count). The van der Waals surface area contributed by atoms with Gasteiger partial charge in [-0.2, -0.15) is 0 Å². The van der Waals surface area contributed by atoms with Gasteiger partial charge >= 0.3 is 0 Å². The number of nitrogens with zero attached hydrogens (tertiary/aromatic N) is 6. The molecule has 206 valence electrons. The maximum atomic E-state index is 5.23. The summed E-state index contributed by atoms with van der Waals surface area (Å²) < 4.78 is 0. The van der Waals surface area contributed by atoms with Gasteiger partial charge in [0.1, 0.15) is 5.69 Å². The SMILES string of the molecule is c1ccc(-c2nc(-c3ccccc3)nc(-c3cc(-c4ccccc4)c4ccc5ccc(-c6ccccn6)nc5c4n3)n2)cc1. The fraction of sp³-hybridized carbons (Fsp3) is 0. The second-order valence-corrected chi connectivity index (χ2v) is 10.4. The first-order valence-corrected chi connectivity index (χ1v) is 14.4.